The molecule has 1 fully saturated rings. The highest BCUT2D eigenvalue weighted by Crippen LogP contribution is 2.41. The molecule has 4 rings (SSSR count). The molecule has 216 valence electrons. The number of anilines is 1. The standard InChI is InChI=1S/C29H34F3N3O4S/c1-34(2)24-17-33-23-5-4-19(39-3)16-20(23)26(24)25(36)6-7-29(28(37)38)8-10-35(11-9-29)12-13-40-27-21(31)14-18(30)15-22(27)32/h4-5,14-17,25,36H,6-13H2,1-3H3,(H,37,38)/t25-/m0/s1. The Labute approximate surface area is 235 Å². The molecular formula is C29H34F3N3O4S. The van der Waals surface area contributed by atoms with Crippen LogP contribution in [0.1, 0.15) is 37.4 Å². The Balaban J connectivity index is 1.41. The van der Waals surface area contributed by atoms with Crippen LogP contribution in [-0.2, 0) is 4.79 Å². The predicted molar refractivity (Wildman–Crippen MR) is 150 cm³/mol. The van der Waals surface area contributed by atoms with Gasteiger partial charge >= 0.3 is 5.97 Å². The number of aliphatic hydroxyl groups excluding tert-OH is 1. The molecule has 0 spiro atoms. The number of fused-ring (bicyclic) bond motifs is 1. The molecule has 7 nitrogen and oxygen atoms in total. The second kappa shape index (κ2) is 12.7. The van der Waals surface area contributed by atoms with Crippen molar-refractivity contribution in [3.8, 4) is 5.75 Å². The third kappa shape index (κ3) is 6.47. The third-order valence-corrected chi connectivity index (χ3v) is 8.76. The Bertz CT molecular complexity index is 1340. The van der Waals surface area contributed by atoms with E-state index >= 15 is 0 Å². The Morgan fingerprint density at radius 1 is 1.18 bits per heavy atom. The van der Waals surface area contributed by atoms with Crippen LogP contribution in [0.15, 0.2) is 41.4 Å². The summed E-state index contributed by atoms with van der Waals surface area (Å²) in [5.41, 5.74) is 1.15. The van der Waals surface area contributed by atoms with E-state index in [0.29, 0.717) is 73.6 Å². The summed E-state index contributed by atoms with van der Waals surface area (Å²) in [6, 6.07) is 6.79. The highest BCUT2D eigenvalue weighted by Gasteiger charge is 2.41. The zero-order chi connectivity index (χ0) is 29.0. The maximum atomic E-state index is 13.9. The van der Waals surface area contributed by atoms with Gasteiger partial charge in [0.25, 0.3) is 0 Å². The van der Waals surface area contributed by atoms with Gasteiger partial charge in [0.2, 0.25) is 0 Å². The van der Waals surface area contributed by atoms with Gasteiger partial charge in [-0.3, -0.25) is 9.78 Å². The predicted octanol–water partition coefficient (Wildman–Crippen LogP) is 5.50. The van der Waals surface area contributed by atoms with Crippen molar-refractivity contribution < 1.29 is 32.9 Å². The number of piperidine rings is 1. The first kappa shape index (κ1) is 30.0. The number of thioether (sulfide) groups is 1. The van der Waals surface area contributed by atoms with E-state index in [1.807, 2.05) is 31.1 Å². The molecule has 1 aromatic heterocycles. The van der Waals surface area contributed by atoms with E-state index in [-0.39, 0.29) is 11.3 Å². The first-order valence-electron chi connectivity index (χ1n) is 13.1. The van der Waals surface area contributed by atoms with Crippen LogP contribution in [0.3, 0.4) is 0 Å². The monoisotopic (exact) mass is 577 g/mol. The number of hydrogen-bond donors (Lipinski definition) is 2. The molecule has 1 atom stereocenters. The van der Waals surface area contributed by atoms with Crippen LogP contribution in [0.2, 0.25) is 0 Å². The SMILES string of the molecule is COc1ccc2ncc(N(C)C)c([C@@H](O)CCC3(C(=O)O)CCN(CCSc4c(F)cc(F)cc4F)CC3)c2c1. The largest absolute Gasteiger partial charge is 0.497 e. The molecule has 0 amide bonds. The summed E-state index contributed by atoms with van der Waals surface area (Å²) < 4.78 is 46.4. The molecule has 2 aromatic carbocycles. The van der Waals surface area contributed by atoms with Crippen molar-refractivity contribution in [1.82, 2.24) is 9.88 Å². The highest BCUT2D eigenvalue weighted by atomic mass is 32.2. The van der Waals surface area contributed by atoms with E-state index in [4.69, 9.17) is 4.74 Å². The molecule has 0 unspecified atom stereocenters. The number of ether oxygens (including phenoxy) is 1. The van der Waals surface area contributed by atoms with Crippen LogP contribution in [0, 0.1) is 22.9 Å². The van der Waals surface area contributed by atoms with Crippen LogP contribution < -0.4 is 9.64 Å². The van der Waals surface area contributed by atoms with Crippen molar-refractivity contribution in [2.24, 2.45) is 5.41 Å². The van der Waals surface area contributed by atoms with Crippen LogP contribution in [0.4, 0.5) is 18.9 Å². The molecule has 40 heavy (non-hydrogen) atoms. The van der Waals surface area contributed by atoms with Gasteiger partial charge in [0, 0.05) is 49.5 Å². The Hall–Kier alpha value is -3.02. The Morgan fingerprint density at radius 3 is 2.45 bits per heavy atom. The summed E-state index contributed by atoms with van der Waals surface area (Å²) in [4.78, 5) is 20.7. The molecule has 1 aliphatic heterocycles. The second-order valence-corrected chi connectivity index (χ2v) is 11.5. The van der Waals surface area contributed by atoms with Gasteiger partial charge in [-0.15, -0.1) is 11.8 Å². The van der Waals surface area contributed by atoms with Gasteiger partial charge < -0.3 is 24.7 Å². The average molecular weight is 578 g/mol. The fourth-order valence-electron chi connectivity index (χ4n) is 5.29. The maximum absolute atomic E-state index is 13.9. The highest BCUT2D eigenvalue weighted by molar-refractivity contribution is 7.99. The van der Waals surface area contributed by atoms with E-state index in [1.54, 1.807) is 19.4 Å². The van der Waals surface area contributed by atoms with Gasteiger partial charge in [0.15, 0.2) is 0 Å². The molecule has 2 N–H and O–H groups in total. The number of likely N-dealkylation sites (tertiary alicyclic amines) is 1. The summed E-state index contributed by atoms with van der Waals surface area (Å²) in [7, 11) is 5.30. The summed E-state index contributed by atoms with van der Waals surface area (Å²) in [6.07, 6.45) is 2.12. The lowest BCUT2D eigenvalue weighted by atomic mass is 9.74. The Morgan fingerprint density at radius 2 is 1.85 bits per heavy atom. The van der Waals surface area contributed by atoms with E-state index in [9.17, 15) is 28.2 Å². The van der Waals surface area contributed by atoms with Crippen molar-refractivity contribution in [2.45, 2.75) is 36.7 Å². The molecule has 0 radical (unpaired) electrons. The molecule has 1 saturated heterocycles. The van der Waals surface area contributed by atoms with Gasteiger partial charge in [0.1, 0.15) is 23.2 Å². The average Bonchev–Trinajstić information content (AvgIpc) is 2.92. The number of benzene rings is 2. The molecule has 0 bridgehead atoms. The number of nitrogens with zero attached hydrogens (tertiary/aromatic N) is 3. The molecule has 0 aliphatic carbocycles. The van der Waals surface area contributed by atoms with E-state index in [0.717, 1.165) is 22.8 Å². The topological polar surface area (TPSA) is 86.1 Å². The van der Waals surface area contributed by atoms with Crippen molar-refractivity contribution in [3.63, 3.8) is 0 Å². The number of carbonyl (C=O) groups is 1. The van der Waals surface area contributed by atoms with Crippen molar-refractivity contribution >= 4 is 34.3 Å². The lowest BCUT2D eigenvalue weighted by Crippen LogP contribution is -2.45. The molecule has 11 heteroatoms. The number of pyridine rings is 1. The minimum atomic E-state index is -0.988. The zero-order valence-corrected chi connectivity index (χ0v) is 23.6. The number of carboxylic acids is 1. The number of methoxy groups -OCH3 is 1. The van der Waals surface area contributed by atoms with Gasteiger partial charge in [-0.2, -0.15) is 0 Å². The first-order chi connectivity index (χ1) is 19.0. The lowest BCUT2D eigenvalue weighted by molar-refractivity contribution is -0.153. The fourth-order valence-corrected chi connectivity index (χ4v) is 6.24. The van der Waals surface area contributed by atoms with E-state index in [2.05, 4.69) is 9.88 Å². The molecule has 2 heterocycles. The van der Waals surface area contributed by atoms with Gasteiger partial charge in [0.05, 0.1) is 40.9 Å². The van der Waals surface area contributed by atoms with Crippen LogP contribution in [-0.4, -0.2) is 72.7 Å². The maximum Gasteiger partial charge on any atom is 0.309 e. The second-order valence-electron chi connectivity index (χ2n) is 10.4. The molecular weight excluding hydrogens is 543 g/mol. The van der Waals surface area contributed by atoms with Crippen LogP contribution in [0.25, 0.3) is 10.9 Å². The van der Waals surface area contributed by atoms with Crippen molar-refractivity contribution in [3.05, 3.63) is 59.5 Å². The van der Waals surface area contributed by atoms with Gasteiger partial charge in [-0.1, -0.05) is 0 Å². The number of carboxylic acid groups (broad SMARTS) is 1. The number of halogens is 3. The molecule has 0 saturated carbocycles. The number of aromatic nitrogens is 1. The minimum absolute atomic E-state index is 0.217. The smallest absolute Gasteiger partial charge is 0.309 e. The summed E-state index contributed by atoms with van der Waals surface area (Å²) in [6.45, 7) is 1.53. The van der Waals surface area contributed by atoms with Crippen molar-refractivity contribution in [1.29, 1.82) is 0 Å². The van der Waals surface area contributed by atoms with Crippen molar-refractivity contribution in [2.75, 3.05) is 51.5 Å². The lowest BCUT2D eigenvalue weighted by Gasteiger charge is -2.39. The Kier molecular flexibility index (Phi) is 9.48. The number of hydrogen-bond acceptors (Lipinski definition) is 7. The number of aliphatic hydroxyl groups is 1. The van der Waals surface area contributed by atoms with E-state index in [1.165, 1.54) is 0 Å². The summed E-state index contributed by atoms with van der Waals surface area (Å²) in [5, 5.41) is 22.3. The van der Waals surface area contributed by atoms with Gasteiger partial charge in [-0.25, -0.2) is 13.2 Å². The number of aliphatic carboxylic acids is 1. The first-order valence-corrected chi connectivity index (χ1v) is 14.1. The molecule has 3 aromatic rings. The van der Waals surface area contributed by atoms with Gasteiger partial charge in [-0.05, 0) is 57.0 Å². The number of rotatable bonds is 11. The minimum Gasteiger partial charge on any atom is -0.497 e. The summed E-state index contributed by atoms with van der Waals surface area (Å²) >= 11 is 0.975. The van der Waals surface area contributed by atoms with Crippen LogP contribution >= 0.6 is 11.8 Å². The normalized spacial score (nSPS) is 16.2. The third-order valence-electron chi connectivity index (χ3n) is 7.69. The quantitative estimate of drug-likeness (QED) is 0.289. The summed E-state index contributed by atoms with van der Waals surface area (Å²) in [5.74, 6) is -2.69. The molecule has 1 aliphatic rings. The van der Waals surface area contributed by atoms with Crippen LogP contribution in [0.5, 0.6) is 5.75 Å². The zero-order valence-electron chi connectivity index (χ0n) is 22.8. The van der Waals surface area contributed by atoms with E-state index < -0.39 is 34.9 Å². The fraction of sp³-hybridized carbons (Fsp3) is 0.448.